The minimum Gasteiger partial charge on any atom is -0.457 e. The summed E-state index contributed by atoms with van der Waals surface area (Å²) in [6.45, 7) is 7.00. The molecule has 1 N–H and O–H groups in total. The van der Waals surface area contributed by atoms with Crippen molar-refractivity contribution in [3.05, 3.63) is 71.3 Å². The van der Waals surface area contributed by atoms with E-state index in [-0.39, 0.29) is 5.97 Å². The Morgan fingerprint density at radius 1 is 1.00 bits per heavy atom. The maximum absolute atomic E-state index is 12.1. The van der Waals surface area contributed by atoms with E-state index in [0.29, 0.717) is 12.2 Å². The van der Waals surface area contributed by atoms with Gasteiger partial charge in [-0.25, -0.2) is 4.79 Å². The predicted octanol–water partition coefficient (Wildman–Crippen LogP) is 2.86. The summed E-state index contributed by atoms with van der Waals surface area (Å²) in [5.74, 6) is -0.288. The van der Waals surface area contributed by atoms with Crippen molar-refractivity contribution in [3.8, 4) is 0 Å². The fourth-order valence-corrected chi connectivity index (χ4v) is 3.05. The van der Waals surface area contributed by atoms with Crippen molar-refractivity contribution in [2.75, 3.05) is 39.4 Å². The molecule has 1 saturated heterocycles. The molecule has 0 spiro atoms. The molecule has 0 amide bonds. The standard InChI is InChI=1S/C22H28N2O3/c25-22(27-18-20-5-2-1-3-6-20)21-9-7-19(8-10-21)17-23-11-4-12-24-13-15-26-16-14-24/h1-3,5-10,23H,4,11-18H2. The average Bonchev–Trinajstić information content (AvgIpc) is 2.74. The molecule has 3 rings (SSSR count). The summed E-state index contributed by atoms with van der Waals surface area (Å²) in [4.78, 5) is 14.6. The predicted molar refractivity (Wildman–Crippen MR) is 106 cm³/mol. The molecule has 1 fully saturated rings. The summed E-state index contributed by atoms with van der Waals surface area (Å²) in [6.07, 6.45) is 1.13. The molecule has 5 heteroatoms. The summed E-state index contributed by atoms with van der Waals surface area (Å²) in [5.41, 5.74) is 2.74. The van der Waals surface area contributed by atoms with E-state index in [0.717, 1.165) is 57.9 Å². The van der Waals surface area contributed by atoms with E-state index in [1.807, 2.05) is 54.6 Å². The molecule has 144 valence electrons. The van der Waals surface area contributed by atoms with Gasteiger partial charge in [-0.2, -0.15) is 0 Å². The lowest BCUT2D eigenvalue weighted by Gasteiger charge is -2.26. The molecule has 1 aliphatic rings. The normalized spacial score (nSPS) is 14.8. The highest BCUT2D eigenvalue weighted by Crippen LogP contribution is 2.08. The van der Waals surface area contributed by atoms with Gasteiger partial charge < -0.3 is 14.8 Å². The Balaban J connectivity index is 1.33. The molecule has 0 atom stereocenters. The van der Waals surface area contributed by atoms with Gasteiger partial charge in [0.2, 0.25) is 0 Å². The summed E-state index contributed by atoms with van der Waals surface area (Å²) in [6, 6.07) is 17.3. The van der Waals surface area contributed by atoms with Crippen molar-refractivity contribution in [2.24, 2.45) is 0 Å². The van der Waals surface area contributed by atoms with Crippen molar-refractivity contribution in [1.29, 1.82) is 0 Å². The van der Waals surface area contributed by atoms with Crippen LogP contribution in [-0.4, -0.2) is 50.3 Å². The van der Waals surface area contributed by atoms with Gasteiger partial charge in [-0.05, 0) is 42.8 Å². The molecule has 27 heavy (non-hydrogen) atoms. The van der Waals surface area contributed by atoms with Crippen LogP contribution in [0, 0.1) is 0 Å². The molecular weight excluding hydrogens is 340 g/mol. The maximum atomic E-state index is 12.1. The van der Waals surface area contributed by atoms with Gasteiger partial charge in [0.25, 0.3) is 0 Å². The van der Waals surface area contributed by atoms with E-state index >= 15 is 0 Å². The highest BCUT2D eigenvalue weighted by atomic mass is 16.5. The van der Waals surface area contributed by atoms with E-state index in [4.69, 9.17) is 9.47 Å². The van der Waals surface area contributed by atoms with Crippen LogP contribution in [0.3, 0.4) is 0 Å². The van der Waals surface area contributed by atoms with E-state index < -0.39 is 0 Å². The monoisotopic (exact) mass is 368 g/mol. The second kappa shape index (κ2) is 10.8. The molecule has 2 aromatic carbocycles. The quantitative estimate of drug-likeness (QED) is 0.545. The van der Waals surface area contributed by atoms with Crippen LogP contribution >= 0.6 is 0 Å². The first kappa shape index (κ1) is 19.5. The lowest BCUT2D eigenvalue weighted by Crippen LogP contribution is -2.37. The van der Waals surface area contributed by atoms with Gasteiger partial charge >= 0.3 is 5.97 Å². The van der Waals surface area contributed by atoms with Crippen LogP contribution < -0.4 is 5.32 Å². The minimum atomic E-state index is -0.288. The van der Waals surface area contributed by atoms with Gasteiger partial charge in [0.1, 0.15) is 6.61 Å². The maximum Gasteiger partial charge on any atom is 0.338 e. The van der Waals surface area contributed by atoms with Gasteiger partial charge in [0.05, 0.1) is 18.8 Å². The van der Waals surface area contributed by atoms with E-state index in [2.05, 4.69) is 10.2 Å². The summed E-state index contributed by atoms with van der Waals surface area (Å²) < 4.78 is 10.7. The Kier molecular flexibility index (Phi) is 7.84. The Morgan fingerprint density at radius 3 is 2.48 bits per heavy atom. The number of rotatable bonds is 9. The molecule has 0 unspecified atom stereocenters. The third kappa shape index (κ3) is 6.79. The zero-order valence-electron chi connectivity index (χ0n) is 15.7. The van der Waals surface area contributed by atoms with Crippen molar-refractivity contribution in [2.45, 2.75) is 19.6 Å². The lowest BCUT2D eigenvalue weighted by atomic mass is 10.1. The van der Waals surface area contributed by atoms with Crippen LogP contribution in [0.4, 0.5) is 0 Å². The summed E-state index contributed by atoms with van der Waals surface area (Å²) in [5, 5.41) is 3.46. The number of nitrogens with zero attached hydrogens (tertiary/aromatic N) is 1. The van der Waals surface area contributed by atoms with Crippen LogP contribution in [0.15, 0.2) is 54.6 Å². The van der Waals surface area contributed by atoms with Crippen LogP contribution in [0.25, 0.3) is 0 Å². The van der Waals surface area contributed by atoms with Gasteiger partial charge in [0, 0.05) is 19.6 Å². The van der Waals surface area contributed by atoms with Crippen LogP contribution in [0.2, 0.25) is 0 Å². The molecule has 0 bridgehead atoms. The number of hydrogen-bond donors (Lipinski definition) is 1. The topological polar surface area (TPSA) is 50.8 Å². The third-order valence-corrected chi connectivity index (χ3v) is 4.66. The van der Waals surface area contributed by atoms with Crippen molar-refractivity contribution >= 4 is 5.97 Å². The zero-order chi connectivity index (χ0) is 18.7. The number of esters is 1. The Bertz CT molecular complexity index is 682. The van der Waals surface area contributed by atoms with Crippen molar-refractivity contribution in [1.82, 2.24) is 10.2 Å². The van der Waals surface area contributed by atoms with E-state index in [1.54, 1.807) is 0 Å². The number of ether oxygens (including phenoxy) is 2. The van der Waals surface area contributed by atoms with Gasteiger partial charge in [-0.15, -0.1) is 0 Å². The van der Waals surface area contributed by atoms with Gasteiger partial charge in [-0.3, -0.25) is 4.90 Å². The molecular formula is C22H28N2O3. The Hall–Kier alpha value is -2.21. The number of morpholine rings is 1. The average molecular weight is 368 g/mol. The molecule has 2 aromatic rings. The van der Waals surface area contributed by atoms with Gasteiger partial charge in [0.15, 0.2) is 0 Å². The largest absolute Gasteiger partial charge is 0.457 e. The number of nitrogens with one attached hydrogen (secondary N) is 1. The van der Waals surface area contributed by atoms with Gasteiger partial charge in [-0.1, -0.05) is 42.5 Å². The van der Waals surface area contributed by atoms with Crippen molar-refractivity contribution in [3.63, 3.8) is 0 Å². The Morgan fingerprint density at radius 2 is 1.74 bits per heavy atom. The fourth-order valence-electron chi connectivity index (χ4n) is 3.05. The number of hydrogen-bond acceptors (Lipinski definition) is 5. The van der Waals surface area contributed by atoms with Crippen molar-refractivity contribution < 1.29 is 14.3 Å². The first-order valence-corrected chi connectivity index (χ1v) is 9.62. The van der Waals surface area contributed by atoms with Crippen LogP contribution in [0.5, 0.6) is 0 Å². The minimum absolute atomic E-state index is 0.288. The van der Waals surface area contributed by atoms with Crippen LogP contribution in [-0.2, 0) is 22.6 Å². The first-order chi connectivity index (χ1) is 13.3. The molecule has 0 aliphatic carbocycles. The molecule has 1 aliphatic heterocycles. The third-order valence-electron chi connectivity index (χ3n) is 4.66. The zero-order valence-corrected chi connectivity index (χ0v) is 15.7. The van der Waals surface area contributed by atoms with E-state index in [9.17, 15) is 4.79 Å². The van der Waals surface area contributed by atoms with E-state index in [1.165, 1.54) is 5.56 Å². The lowest BCUT2D eigenvalue weighted by molar-refractivity contribution is 0.0374. The highest BCUT2D eigenvalue weighted by molar-refractivity contribution is 5.89. The summed E-state index contributed by atoms with van der Waals surface area (Å²) in [7, 11) is 0. The highest BCUT2D eigenvalue weighted by Gasteiger charge is 2.09. The molecule has 5 nitrogen and oxygen atoms in total. The Labute approximate surface area is 161 Å². The smallest absolute Gasteiger partial charge is 0.338 e. The second-order valence-electron chi connectivity index (χ2n) is 6.74. The number of carbonyl (C=O) groups excluding carboxylic acids is 1. The fraction of sp³-hybridized carbons (Fsp3) is 0.409. The first-order valence-electron chi connectivity index (χ1n) is 9.62. The van der Waals surface area contributed by atoms with Crippen LogP contribution in [0.1, 0.15) is 27.9 Å². The number of carbonyl (C=O) groups is 1. The molecule has 0 saturated carbocycles. The number of benzene rings is 2. The SMILES string of the molecule is O=C(OCc1ccccc1)c1ccc(CNCCCN2CCOCC2)cc1. The summed E-state index contributed by atoms with van der Waals surface area (Å²) >= 11 is 0. The molecule has 0 radical (unpaired) electrons. The molecule has 0 aromatic heterocycles. The molecule has 1 heterocycles. The second-order valence-corrected chi connectivity index (χ2v) is 6.74.